The monoisotopic (exact) mass is 781 g/mol. The highest BCUT2D eigenvalue weighted by molar-refractivity contribution is 5.84. The van der Waals surface area contributed by atoms with E-state index in [2.05, 4.69) is 78.1 Å². The van der Waals surface area contributed by atoms with E-state index in [0.717, 1.165) is 44.9 Å². The number of ether oxygens (including phenoxy) is 3. The number of nitrogens with zero attached hydrogens (tertiary/aromatic N) is 4. The van der Waals surface area contributed by atoms with E-state index < -0.39 is 17.2 Å². The van der Waals surface area contributed by atoms with Crippen LogP contribution in [0.25, 0.3) is 11.2 Å². The number of methoxy groups -OCH3 is 2. The number of fused-ring (bicyclic) bond motifs is 1. The number of aliphatic hydroxyl groups excluding tert-OH is 1. The molecule has 2 atom stereocenters. The van der Waals surface area contributed by atoms with Crippen LogP contribution >= 0.6 is 0 Å². The van der Waals surface area contributed by atoms with Gasteiger partial charge in [-0.15, -0.1) is 0 Å². The highest BCUT2D eigenvalue weighted by Gasteiger charge is 2.40. The van der Waals surface area contributed by atoms with Crippen LogP contribution < -0.4 is 14.8 Å². The van der Waals surface area contributed by atoms with E-state index in [1.54, 1.807) is 33.8 Å². The summed E-state index contributed by atoms with van der Waals surface area (Å²) in [7, 11) is 3.33. The van der Waals surface area contributed by atoms with Crippen molar-refractivity contribution in [2.24, 2.45) is 0 Å². The molecule has 0 spiro atoms. The van der Waals surface area contributed by atoms with Crippen LogP contribution in [-0.4, -0.2) is 51.6 Å². The first-order chi connectivity index (χ1) is 29.0. The van der Waals surface area contributed by atoms with Crippen LogP contribution in [-0.2, 0) is 15.9 Å². The van der Waals surface area contributed by atoms with Crippen molar-refractivity contribution in [2.75, 3.05) is 26.1 Å². The van der Waals surface area contributed by atoms with E-state index >= 15 is 0 Å². The molecule has 2 N–H and O–H groups in total. The second-order valence-electron chi connectivity index (χ2n) is 14.6. The molecule has 2 unspecified atom stereocenters. The zero-order valence-corrected chi connectivity index (χ0v) is 33.4. The Morgan fingerprint density at radius 2 is 1.02 bits per heavy atom. The molecular weight excluding hydrogens is 735 g/mol. The third kappa shape index (κ3) is 7.66. The minimum absolute atomic E-state index is 0.211. The van der Waals surface area contributed by atoms with E-state index in [0.29, 0.717) is 23.4 Å². The predicted octanol–water partition coefficient (Wildman–Crippen LogP) is 9.57. The van der Waals surface area contributed by atoms with Crippen LogP contribution in [0.4, 0.5) is 5.82 Å². The lowest BCUT2D eigenvalue weighted by Gasteiger charge is -2.37. The van der Waals surface area contributed by atoms with Crippen molar-refractivity contribution in [1.29, 1.82) is 0 Å². The number of nitrogens with one attached hydrogen (secondary N) is 1. The van der Waals surface area contributed by atoms with Gasteiger partial charge in [-0.25, -0.2) is 15.0 Å². The maximum atomic E-state index is 11.0. The fraction of sp³-hybridized carbons (Fsp3) is 0.180. The van der Waals surface area contributed by atoms with Gasteiger partial charge in [-0.05, 0) is 71.0 Å². The first-order valence-corrected chi connectivity index (χ1v) is 19.7. The summed E-state index contributed by atoms with van der Waals surface area (Å²) in [4.78, 5) is 14.6. The molecule has 0 saturated heterocycles. The predicted molar refractivity (Wildman–Crippen MR) is 232 cm³/mol. The van der Waals surface area contributed by atoms with Gasteiger partial charge in [0.1, 0.15) is 34.5 Å². The van der Waals surface area contributed by atoms with E-state index in [9.17, 15) is 5.11 Å². The number of aliphatic hydroxyl groups is 1. The van der Waals surface area contributed by atoms with Gasteiger partial charge in [0.15, 0.2) is 11.5 Å². The molecular formula is C50H47N5O4. The van der Waals surface area contributed by atoms with Gasteiger partial charge in [0.2, 0.25) is 0 Å². The average molecular weight is 782 g/mol. The Morgan fingerprint density at radius 3 is 1.49 bits per heavy atom. The summed E-state index contributed by atoms with van der Waals surface area (Å²) < 4.78 is 20.4. The lowest BCUT2D eigenvalue weighted by molar-refractivity contribution is -0.0129. The van der Waals surface area contributed by atoms with Crippen molar-refractivity contribution in [3.8, 4) is 11.5 Å². The Hall–Kier alpha value is -6.81. The Bertz CT molecular complexity index is 2470. The fourth-order valence-corrected chi connectivity index (χ4v) is 8.12. The first-order valence-electron chi connectivity index (χ1n) is 19.7. The van der Waals surface area contributed by atoms with Crippen molar-refractivity contribution in [2.45, 2.75) is 36.6 Å². The smallest absolute Gasteiger partial charge is 0.165 e. The van der Waals surface area contributed by atoms with E-state index in [1.165, 1.54) is 0 Å². The molecule has 9 nitrogen and oxygen atoms in total. The molecule has 0 fully saturated rings. The summed E-state index contributed by atoms with van der Waals surface area (Å²) in [6, 6.07) is 56.9. The summed E-state index contributed by atoms with van der Waals surface area (Å²) in [5.41, 5.74) is 5.18. The fourth-order valence-electron chi connectivity index (χ4n) is 8.12. The molecule has 0 aliphatic carbocycles. The van der Waals surface area contributed by atoms with Crippen LogP contribution in [0, 0.1) is 0 Å². The normalized spacial score (nSPS) is 12.8. The van der Waals surface area contributed by atoms with E-state index in [1.807, 2.05) is 102 Å². The van der Waals surface area contributed by atoms with Crippen molar-refractivity contribution >= 4 is 17.0 Å². The quantitative estimate of drug-likeness (QED) is 0.0935. The molecule has 0 saturated carbocycles. The molecule has 8 rings (SSSR count). The van der Waals surface area contributed by atoms with Gasteiger partial charge in [-0.3, -0.25) is 0 Å². The number of hydrogen-bond donors (Lipinski definition) is 2. The summed E-state index contributed by atoms with van der Waals surface area (Å²) in [5.74, 6) is 2.06. The summed E-state index contributed by atoms with van der Waals surface area (Å²) in [5, 5.41) is 14.9. The minimum atomic E-state index is -1.01. The Labute approximate surface area is 345 Å². The number of aromatic nitrogens is 4. The maximum absolute atomic E-state index is 11.0. The zero-order chi connectivity index (χ0) is 40.7. The number of imidazole rings is 1. The average Bonchev–Trinajstić information content (AvgIpc) is 3.74. The third-order valence-corrected chi connectivity index (χ3v) is 11.0. The van der Waals surface area contributed by atoms with E-state index in [4.69, 9.17) is 29.2 Å². The third-order valence-electron chi connectivity index (χ3n) is 11.0. The van der Waals surface area contributed by atoms with Crippen LogP contribution in [0.15, 0.2) is 183 Å². The first kappa shape index (κ1) is 39.0. The highest BCUT2D eigenvalue weighted by Crippen LogP contribution is 2.44. The topological polar surface area (TPSA) is 104 Å². The molecule has 0 aliphatic rings. The van der Waals surface area contributed by atoms with Gasteiger partial charge in [0.25, 0.3) is 0 Å². The molecule has 0 aliphatic heterocycles. The number of hydrogen-bond acceptors (Lipinski definition) is 8. The Morgan fingerprint density at radius 1 is 0.576 bits per heavy atom. The largest absolute Gasteiger partial charge is 0.497 e. The van der Waals surface area contributed by atoms with Gasteiger partial charge >= 0.3 is 0 Å². The minimum Gasteiger partial charge on any atom is -0.497 e. The molecule has 296 valence electrons. The van der Waals surface area contributed by atoms with Crippen molar-refractivity contribution in [3.05, 3.63) is 216 Å². The Kier molecular flexibility index (Phi) is 11.5. The second kappa shape index (κ2) is 17.4. The van der Waals surface area contributed by atoms with Gasteiger partial charge in [0, 0.05) is 0 Å². The summed E-state index contributed by atoms with van der Waals surface area (Å²) in [6.45, 7) is 2.00. The van der Waals surface area contributed by atoms with Crippen LogP contribution in [0.1, 0.15) is 52.8 Å². The molecule has 9 heteroatoms. The number of benzene rings is 6. The summed E-state index contributed by atoms with van der Waals surface area (Å²) in [6.07, 6.45) is 3.07. The summed E-state index contributed by atoms with van der Waals surface area (Å²) >= 11 is 0. The molecule has 0 radical (unpaired) electrons. The standard InChI is InChI=1S/C50H47N5O4/c1-36(56)32-43(33-59-50(40-20-12-6-13-21-40,41-22-14-7-15-23-41)42-26-30-45(58-3)31-27-42)55-35-53-46-47(51-34-52-48(46)55)54-49(37-16-8-4-9-17-37,38-18-10-5-11-19-38)39-24-28-44(57-2)29-25-39/h4-31,34-36,43,56H,32-33H2,1-3H3,(H,51,52,54). The zero-order valence-electron chi connectivity index (χ0n) is 33.4. The SMILES string of the molecule is COc1ccc(C(Nc2ncnc3c2ncn3C(COC(c2ccccc2)(c2ccccc2)c2ccc(OC)cc2)CC(C)O)(c2ccccc2)c2ccccc2)cc1. The van der Waals surface area contributed by atoms with Crippen LogP contribution in [0.3, 0.4) is 0 Å². The lowest BCUT2D eigenvalue weighted by atomic mass is 9.77. The molecule has 59 heavy (non-hydrogen) atoms. The van der Waals surface area contributed by atoms with Gasteiger partial charge in [0.05, 0.1) is 39.3 Å². The molecule has 2 aromatic heterocycles. The van der Waals surface area contributed by atoms with Crippen molar-refractivity contribution in [1.82, 2.24) is 19.5 Å². The Balaban J connectivity index is 1.24. The lowest BCUT2D eigenvalue weighted by Crippen LogP contribution is -2.38. The molecule has 0 bridgehead atoms. The van der Waals surface area contributed by atoms with Crippen LogP contribution in [0.2, 0.25) is 0 Å². The van der Waals surface area contributed by atoms with Gasteiger partial charge in [-0.1, -0.05) is 146 Å². The number of anilines is 1. The van der Waals surface area contributed by atoms with Gasteiger partial charge < -0.3 is 29.2 Å². The van der Waals surface area contributed by atoms with E-state index in [-0.39, 0.29) is 12.6 Å². The second-order valence-corrected chi connectivity index (χ2v) is 14.6. The van der Waals surface area contributed by atoms with Crippen LogP contribution in [0.5, 0.6) is 11.5 Å². The number of rotatable bonds is 16. The molecule has 2 heterocycles. The molecule has 6 aromatic carbocycles. The highest BCUT2D eigenvalue weighted by atomic mass is 16.5. The van der Waals surface area contributed by atoms with Crippen molar-refractivity contribution < 1.29 is 19.3 Å². The molecule has 0 amide bonds. The molecule has 8 aromatic rings. The van der Waals surface area contributed by atoms with Gasteiger partial charge in [-0.2, -0.15) is 0 Å². The van der Waals surface area contributed by atoms with Crippen molar-refractivity contribution in [3.63, 3.8) is 0 Å². The maximum Gasteiger partial charge on any atom is 0.165 e.